The van der Waals surface area contributed by atoms with E-state index in [-0.39, 0.29) is 39.3 Å². The topological polar surface area (TPSA) is 105 Å². The molecule has 0 aromatic rings. The van der Waals surface area contributed by atoms with Crippen LogP contribution >= 0.6 is 0 Å². The number of esters is 4. The third-order valence-corrected chi connectivity index (χ3v) is 5.29. The van der Waals surface area contributed by atoms with Gasteiger partial charge in [-0.15, -0.1) is 0 Å². The van der Waals surface area contributed by atoms with E-state index in [1.165, 1.54) is 0 Å². The quantitative estimate of drug-likeness (QED) is 0.291. The minimum Gasteiger partial charge on any atom is -0.465 e. The Balaban J connectivity index is 3.97. The van der Waals surface area contributed by atoms with Crippen LogP contribution in [0.4, 0.5) is 0 Å². The normalized spacial score (nSPS) is 18.2. The van der Waals surface area contributed by atoms with Crippen LogP contribution in [0.25, 0.3) is 0 Å². The van der Waals surface area contributed by atoms with Gasteiger partial charge in [0, 0.05) is 12.8 Å². The maximum absolute atomic E-state index is 13.4. The molecule has 8 nitrogen and oxygen atoms in total. The van der Waals surface area contributed by atoms with Crippen molar-refractivity contribution in [2.45, 2.75) is 60.3 Å². The Labute approximate surface area is 183 Å². The summed E-state index contributed by atoms with van der Waals surface area (Å²) in [6, 6.07) is 0. The highest BCUT2D eigenvalue weighted by Gasteiger charge is 2.75. The molecule has 0 aromatic carbocycles. The van der Waals surface area contributed by atoms with Gasteiger partial charge >= 0.3 is 23.9 Å². The summed E-state index contributed by atoms with van der Waals surface area (Å²) in [7, 11) is 0. The summed E-state index contributed by atoms with van der Waals surface area (Å²) in [5.41, 5.74) is -3.54. The Bertz CT molecular complexity index is 698. The van der Waals surface area contributed by atoms with Crippen molar-refractivity contribution in [1.29, 1.82) is 0 Å². The lowest BCUT2D eigenvalue weighted by atomic mass is 9.53. The number of allylic oxidation sites excluding steroid dienone is 3. The van der Waals surface area contributed by atoms with Crippen LogP contribution in [0, 0.1) is 10.8 Å². The molecule has 0 aromatic heterocycles. The number of hydrogen-bond acceptors (Lipinski definition) is 8. The average molecular weight is 439 g/mol. The predicted molar refractivity (Wildman–Crippen MR) is 113 cm³/mol. The molecule has 1 aliphatic carbocycles. The first-order valence-electron chi connectivity index (χ1n) is 10.8. The van der Waals surface area contributed by atoms with Crippen molar-refractivity contribution >= 4 is 23.9 Å². The molecule has 0 heterocycles. The highest BCUT2D eigenvalue weighted by molar-refractivity contribution is 6.15. The van der Waals surface area contributed by atoms with E-state index in [0.717, 1.165) is 6.42 Å². The maximum Gasteiger partial charge on any atom is 0.325 e. The molecule has 1 aliphatic rings. The van der Waals surface area contributed by atoms with Gasteiger partial charge in [0.25, 0.3) is 0 Å². The molecule has 0 radical (unpaired) electrons. The molecule has 0 unspecified atom stereocenters. The van der Waals surface area contributed by atoms with Gasteiger partial charge in [-0.3, -0.25) is 19.2 Å². The second-order valence-electron chi connectivity index (χ2n) is 7.17. The molecule has 1 fully saturated rings. The molecule has 174 valence electrons. The molecule has 8 heteroatoms. The van der Waals surface area contributed by atoms with Gasteiger partial charge in [0.15, 0.2) is 10.8 Å². The fraction of sp³-hybridized carbons (Fsp3) is 0.652. The molecule has 31 heavy (non-hydrogen) atoms. The lowest BCUT2D eigenvalue weighted by Gasteiger charge is -2.47. The standard InChI is InChI=1S/C23H34O8/c1-7-12-13-17-15-23(20(26)30-10-4,21(27)31-11-5)22(14-16(17)6,18(24)28-8-2)19(25)29-9-3/h13H,6-12,14-15H2,1-5H3/b17-13+. The molecule has 0 saturated heterocycles. The molecular formula is C23H34O8. The van der Waals surface area contributed by atoms with Crippen LogP contribution in [0.15, 0.2) is 23.8 Å². The first kappa shape index (κ1) is 26.4. The van der Waals surface area contributed by atoms with Crippen LogP contribution in [0.1, 0.15) is 60.3 Å². The van der Waals surface area contributed by atoms with Crippen LogP contribution in [0.5, 0.6) is 0 Å². The number of rotatable bonds is 10. The zero-order chi connectivity index (χ0) is 23.7. The molecule has 0 aliphatic heterocycles. The van der Waals surface area contributed by atoms with Gasteiger partial charge in [-0.1, -0.05) is 31.6 Å². The Morgan fingerprint density at radius 1 is 0.742 bits per heavy atom. The van der Waals surface area contributed by atoms with E-state index in [9.17, 15) is 19.2 Å². The van der Waals surface area contributed by atoms with Crippen molar-refractivity contribution in [1.82, 2.24) is 0 Å². The second-order valence-corrected chi connectivity index (χ2v) is 7.17. The van der Waals surface area contributed by atoms with E-state index in [0.29, 0.717) is 17.6 Å². The van der Waals surface area contributed by atoms with Gasteiger partial charge in [0.2, 0.25) is 0 Å². The average Bonchev–Trinajstić information content (AvgIpc) is 2.73. The summed E-state index contributed by atoms with van der Waals surface area (Å²) < 4.78 is 20.9. The summed E-state index contributed by atoms with van der Waals surface area (Å²) >= 11 is 0. The molecule has 0 spiro atoms. The van der Waals surface area contributed by atoms with Crippen molar-refractivity contribution in [2.75, 3.05) is 26.4 Å². The number of hydrogen-bond donors (Lipinski definition) is 0. The van der Waals surface area contributed by atoms with Gasteiger partial charge in [-0.05, 0) is 39.7 Å². The number of carbonyl (C=O) groups excluding carboxylic acids is 4. The third kappa shape index (κ3) is 4.83. The van der Waals surface area contributed by atoms with Gasteiger partial charge in [-0.2, -0.15) is 0 Å². The Morgan fingerprint density at radius 2 is 1.10 bits per heavy atom. The molecule has 0 N–H and O–H groups in total. The molecule has 0 atom stereocenters. The largest absolute Gasteiger partial charge is 0.465 e. The maximum atomic E-state index is 13.4. The Hall–Kier alpha value is -2.64. The van der Waals surface area contributed by atoms with Crippen LogP contribution in [0.3, 0.4) is 0 Å². The van der Waals surface area contributed by atoms with Crippen molar-refractivity contribution in [2.24, 2.45) is 10.8 Å². The SMILES string of the molecule is C=C1CC(C(=O)OCC)(C(=O)OCC)C(C(=O)OCC)(C(=O)OCC)C/C1=C\CCC. The molecule has 0 bridgehead atoms. The smallest absolute Gasteiger partial charge is 0.325 e. The number of unbranched alkanes of at least 4 members (excludes halogenated alkanes) is 1. The van der Waals surface area contributed by atoms with Gasteiger partial charge in [0.05, 0.1) is 26.4 Å². The van der Waals surface area contributed by atoms with Gasteiger partial charge < -0.3 is 18.9 Å². The van der Waals surface area contributed by atoms with Gasteiger partial charge in [0.1, 0.15) is 0 Å². The minimum absolute atomic E-state index is 0.0589. The molecule has 1 saturated carbocycles. The summed E-state index contributed by atoms with van der Waals surface area (Å²) in [4.78, 5) is 53.5. The lowest BCUT2D eigenvalue weighted by molar-refractivity contribution is -0.204. The van der Waals surface area contributed by atoms with Crippen LogP contribution in [0.2, 0.25) is 0 Å². The van der Waals surface area contributed by atoms with Crippen LogP contribution in [-0.4, -0.2) is 50.3 Å². The number of carbonyl (C=O) groups is 4. The molecule has 1 rings (SSSR count). The zero-order valence-corrected chi connectivity index (χ0v) is 19.2. The monoisotopic (exact) mass is 438 g/mol. The summed E-state index contributed by atoms with van der Waals surface area (Å²) in [6.07, 6.45) is 2.75. The molecule has 0 amide bonds. The van der Waals surface area contributed by atoms with E-state index in [1.54, 1.807) is 27.7 Å². The highest BCUT2D eigenvalue weighted by atomic mass is 16.6. The van der Waals surface area contributed by atoms with Gasteiger partial charge in [-0.25, -0.2) is 0 Å². The van der Waals surface area contributed by atoms with Crippen molar-refractivity contribution in [3.8, 4) is 0 Å². The first-order valence-corrected chi connectivity index (χ1v) is 10.8. The predicted octanol–water partition coefficient (Wildman–Crippen LogP) is 3.29. The summed E-state index contributed by atoms with van der Waals surface area (Å²) in [6.45, 7) is 12.0. The summed E-state index contributed by atoms with van der Waals surface area (Å²) in [5, 5.41) is 0. The van der Waals surface area contributed by atoms with Crippen LogP contribution in [-0.2, 0) is 38.1 Å². The van der Waals surface area contributed by atoms with E-state index >= 15 is 0 Å². The highest BCUT2D eigenvalue weighted by Crippen LogP contribution is 2.57. The lowest BCUT2D eigenvalue weighted by Crippen LogP contribution is -2.64. The Morgan fingerprint density at radius 3 is 1.42 bits per heavy atom. The van der Waals surface area contributed by atoms with E-state index < -0.39 is 34.7 Å². The third-order valence-electron chi connectivity index (χ3n) is 5.29. The van der Waals surface area contributed by atoms with Crippen molar-refractivity contribution < 1.29 is 38.1 Å². The van der Waals surface area contributed by atoms with E-state index in [2.05, 4.69) is 6.58 Å². The van der Waals surface area contributed by atoms with E-state index in [1.807, 2.05) is 13.0 Å². The second kappa shape index (κ2) is 11.7. The number of ether oxygens (including phenoxy) is 4. The summed E-state index contributed by atoms with van der Waals surface area (Å²) in [5.74, 6) is -4.12. The molecular weight excluding hydrogens is 404 g/mol. The minimum atomic E-state index is -2.31. The van der Waals surface area contributed by atoms with E-state index in [4.69, 9.17) is 18.9 Å². The van der Waals surface area contributed by atoms with Crippen molar-refractivity contribution in [3.63, 3.8) is 0 Å². The van der Waals surface area contributed by atoms with Crippen LogP contribution < -0.4 is 0 Å². The zero-order valence-electron chi connectivity index (χ0n) is 19.2. The first-order chi connectivity index (χ1) is 14.7. The Kier molecular flexibility index (Phi) is 9.94. The fourth-order valence-corrected chi connectivity index (χ4v) is 3.85. The fourth-order valence-electron chi connectivity index (χ4n) is 3.85. The van der Waals surface area contributed by atoms with Crippen molar-refractivity contribution in [3.05, 3.63) is 23.8 Å².